The van der Waals surface area contributed by atoms with Gasteiger partial charge in [0, 0.05) is 22.1 Å². The summed E-state index contributed by atoms with van der Waals surface area (Å²) in [5.74, 6) is 0. The zero-order valence-corrected chi connectivity index (χ0v) is 30.6. The first-order valence-electron chi connectivity index (χ1n) is 19.2. The lowest BCUT2D eigenvalue weighted by Gasteiger charge is -2.27. The van der Waals surface area contributed by atoms with Gasteiger partial charge >= 0.3 is 0 Å². The molecule has 0 saturated carbocycles. The van der Waals surface area contributed by atoms with Crippen LogP contribution < -0.4 is 4.90 Å². The third-order valence-corrected chi connectivity index (χ3v) is 11.2. The molecule has 10 aromatic carbocycles. The summed E-state index contributed by atoms with van der Waals surface area (Å²) in [7, 11) is 0. The van der Waals surface area contributed by atoms with Crippen molar-refractivity contribution >= 4 is 71.3 Å². The lowest BCUT2D eigenvalue weighted by Crippen LogP contribution is -2.10. The molecule has 2 heteroatoms. The van der Waals surface area contributed by atoms with Gasteiger partial charge in [-0.25, -0.2) is 0 Å². The maximum Gasteiger partial charge on any atom is 0.143 e. The third-order valence-electron chi connectivity index (χ3n) is 11.2. The lowest BCUT2D eigenvalue weighted by molar-refractivity contribution is 0.672. The summed E-state index contributed by atoms with van der Waals surface area (Å²) in [6, 6.07) is 76.5. The second-order valence-electron chi connectivity index (χ2n) is 14.6. The van der Waals surface area contributed by atoms with Gasteiger partial charge in [-0.1, -0.05) is 152 Å². The van der Waals surface area contributed by atoms with Gasteiger partial charge in [0.25, 0.3) is 0 Å². The second-order valence-corrected chi connectivity index (χ2v) is 14.6. The quantitative estimate of drug-likeness (QED) is 0.171. The Hall–Kier alpha value is -7.42. The van der Waals surface area contributed by atoms with Crippen molar-refractivity contribution in [3.63, 3.8) is 0 Å². The fraction of sp³-hybridized carbons (Fsp3) is 0. The minimum absolute atomic E-state index is 0.867. The van der Waals surface area contributed by atoms with Crippen molar-refractivity contribution in [2.24, 2.45) is 0 Å². The number of benzene rings is 10. The van der Waals surface area contributed by atoms with Crippen LogP contribution in [0.1, 0.15) is 0 Å². The van der Waals surface area contributed by atoms with E-state index in [9.17, 15) is 0 Å². The average molecular weight is 714 g/mol. The highest BCUT2D eigenvalue weighted by atomic mass is 16.3. The number of rotatable bonds is 6. The summed E-state index contributed by atoms with van der Waals surface area (Å²) >= 11 is 0. The van der Waals surface area contributed by atoms with E-state index in [4.69, 9.17) is 4.42 Å². The fourth-order valence-corrected chi connectivity index (χ4v) is 8.39. The Morgan fingerprint density at radius 3 is 1.55 bits per heavy atom. The minimum Gasteiger partial charge on any atom is -0.455 e. The molecule has 0 radical (unpaired) electrons. The van der Waals surface area contributed by atoms with Gasteiger partial charge in [0.05, 0.1) is 11.1 Å². The third kappa shape index (κ3) is 5.51. The molecule has 0 saturated heterocycles. The van der Waals surface area contributed by atoms with E-state index in [1.807, 2.05) is 0 Å². The average Bonchev–Trinajstić information content (AvgIpc) is 3.67. The molecule has 0 aliphatic heterocycles. The van der Waals surface area contributed by atoms with Crippen LogP contribution in [0.3, 0.4) is 0 Å². The van der Waals surface area contributed by atoms with Gasteiger partial charge in [0.1, 0.15) is 11.2 Å². The Bertz CT molecular complexity index is 3260. The lowest BCUT2D eigenvalue weighted by atomic mass is 9.97. The molecule has 1 aromatic heterocycles. The van der Waals surface area contributed by atoms with E-state index in [0.29, 0.717) is 0 Å². The Morgan fingerprint density at radius 2 is 0.839 bits per heavy atom. The Kier molecular flexibility index (Phi) is 7.53. The molecule has 0 N–H and O–H groups in total. The van der Waals surface area contributed by atoms with Crippen LogP contribution in [0.15, 0.2) is 217 Å². The normalized spacial score (nSPS) is 11.6. The molecule has 0 aliphatic rings. The molecule has 0 aliphatic carbocycles. The van der Waals surface area contributed by atoms with Crippen LogP contribution in [0, 0.1) is 0 Å². The standard InChI is InChI=1S/C54H35NO/c1-3-13-40-33-45(24-22-36(40)10-1)43-16-7-15-42(32-43)38-26-29-47(30-27-38)55(48-18-8-17-44(35-48)46-25-23-37-11-2-4-14-41(37)34-46)51-20-9-21-52-53(51)50-31-28-39-12-5-6-19-49(39)54(50)56-52/h1-35H. The van der Waals surface area contributed by atoms with Crippen LogP contribution in [0.4, 0.5) is 17.1 Å². The molecule has 11 aromatic rings. The van der Waals surface area contributed by atoms with Crippen LogP contribution in [0.2, 0.25) is 0 Å². The van der Waals surface area contributed by atoms with Gasteiger partial charge in [-0.2, -0.15) is 0 Å². The van der Waals surface area contributed by atoms with Gasteiger partial charge < -0.3 is 9.32 Å². The maximum atomic E-state index is 6.68. The Labute approximate surface area is 325 Å². The number of anilines is 3. The molecular weight excluding hydrogens is 679 g/mol. The van der Waals surface area contributed by atoms with Gasteiger partial charge in [-0.15, -0.1) is 0 Å². The smallest absolute Gasteiger partial charge is 0.143 e. The molecule has 2 nitrogen and oxygen atoms in total. The summed E-state index contributed by atoms with van der Waals surface area (Å²) in [6.07, 6.45) is 0. The van der Waals surface area contributed by atoms with Crippen LogP contribution in [0.5, 0.6) is 0 Å². The van der Waals surface area contributed by atoms with E-state index < -0.39 is 0 Å². The highest BCUT2D eigenvalue weighted by Crippen LogP contribution is 2.45. The SMILES string of the molecule is c1cc(-c2ccc(N(c3cccc(-c4ccc5ccccc5c4)c3)c3cccc4oc5c6ccccc6ccc5c34)cc2)cc(-c2ccc3ccccc3c2)c1. The van der Waals surface area contributed by atoms with Crippen molar-refractivity contribution in [1.82, 2.24) is 0 Å². The van der Waals surface area contributed by atoms with E-state index in [0.717, 1.165) is 50.0 Å². The van der Waals surface area contributed by atoms with Gasteiger partial charge in [0.2, 0.25) is 0 Å². The maximum absolute atomic E-state index is 6.68. The van der Waals surface area contributed by atoms with Crippen molar-refractivity contribution in [1.29, 1.82) is 0 Å². The van der Waals surface area contributed by atoms with Crippen molar-refractivity contribution in [3.8, 4) is 33.4 Å². The molecule has 1 heterocycles. The number of hydrogen-bond acceptors (Lipinski definition) is 2. The molecule has 0 fully saturated rings. The van der Waals surface area contributed by atoms with Crippen molar-refractivity contribution in [2.75, 3.05) is 4.90 Å². The molecule has 0 unspecified atom stereocenters. The van der Waals surface area contributed by atoms with E-state index in [1.54, 1.807) is 0 Å². The van der Waals surface area contributed by atoms with Crippen molar-refractivity contribution < 1.29 is 4.42 Å². The highest BCUT2D eigenvalue weighted by Gasteiger charge is 2.21. The van der Waals surface area contributed by atoms with E-state index in [2.05, 4.69) is 217 Å². The number of nitrogens with zero attached hydrogens (tertiary/aromatic N) is 1. The minimum atomic E-state index is 0.867. The summed E-state index contributed by atoms with van der Waals surface area (Å²) in [5, 5.41) is 9.45. The summed E-state index contributed by atoms with van der Waals surface area (Å²) < 4.78 is 6.68. The predicted octanol–water partition coefficient (Wildman–Crippen LogP) is 15.5. The number of hydrogen-bond donors (Lipinski definition) is 0. The van der Waals surface area contributed by atoms with Gasteiger partial charge in [0.15, 0.2) is 0 Å². The zero-order valence-electron chi connectivity index (χ0n) is 30.6. The first-order chi connectivity index (χ1) is 27.7. The van der Waals surface area contributed by atoms with Gasteiger partial charge in [-0.3, -0.25) is 0 Å². The summed E-state index contributed by atoms with van der Waals surface area (Å²) in [4.78, 5) is 2.38. The monoisotopic (exact) mass is 713 g/mol. The number of furan rings is 1. The first-order valence-corrected chi connectivity index (χ1v) is 19.2. The van der Waals surface area contributed by atoms with Gasteiger partial charge in [-0.05, 0) is 121 Å². The van der Waals surface area contributed by atoms with E-state index in [-0.39, 0.29) is 0 Å². The van der Waals surface area contributed by atoms with Crippen LogP contribution >= 0.6 is 0 Å². The van der Waals surface area contributed by atoms with Crippen LogP contribution in [-0.2, 0) is 0 Å². The van der Waals surface area contributed by atoms with E-state index in [1.165, 1.54) is 54.7 Å². The summed E-state index contributed by atoms with van der Waals surface area (Å²) in [5.41, 5.74) is 12.1. The molecule has 0 spiro atoms. The summed E-state index contributed by atoms with van der Waals surface area (Å²) in [6.45, 7) is 0. The molecule has 0 bridgehead atoms. The predicted molar refractivity (Wildman–Crippen MR) is 237 cm³/mol. The van der Waals surface area contributed by atoms with Crippen LogP contribution in [0.25, 0.3) is 87.6 Å². The topological polar surface area (TPSA) is 16.4 Å². The zero-order chi connectivity index (χ0) is 37.0. The fourth-order valence-electron chi connectivity index (χ4n) is 8.39. The van der Waals surface area contributed by atoms with E-state index >= 15 is 0 Å². The molecular formula is C54H35NO. The molecule has 11 rings (SSSR count). The molecule has 0 amide bonds. The second kappa shape index (κ2) is 13.2. The molecule has 262 valence electrons. The first kappa shape index (κ1) is 32.0. The van der Waals surface area contributed by atoms with Crippen molar-refractivity contribution in [2.45, 2.75) is 0 Å². The Balaban J connectivity index is 1.05. The highest BCUT2D eigenvalue weighted by molar-refractivity contribution is 6.19. The Morgan fingerprint density at radius 1 is 0.304 bits per heavy atom. The van der Waals surface area contributed by atoms with Crippen molar-refractivity contribution in [3.05, 3.63) is 212 Å². The largest absolute Gasteiger partial charge is 0.455 e. The molecule has 0 atom stereocenters. The number of fused-ring (bicyclic) bond motifs is 7. The van der Waals surface area contributed by atoms with Crippen LogP contribution in [-0.4, -0.2) is 0 Å². The molecule has 56 heavy (non-hydrogen) atoms.